The van der Waals surface area contributed by atoms with Crippen molar-refractivity contribution in [1.29, 1.82) is 0 Å². The normalized spacial score (nSPS) is 25.1. The van der Waals surface area contributed by atoms with Crippen molar-refractivity contribution in [3.63, 3.8) is 0 Å². The highest BCUT2D eigenvalue weighted by molar-refractivity contribution is 9.10. The Hall–Kier alpha value is -0.480. The number of halogens is 3. The average Bonchev–Trinajstić information content (AvgIpc) is 2.19. The van der Waals surface area contributed by atoms with Crippen molar-refractivity contribution in [2.24, 2.45) is 0 Å². The van der Waals surface area contributed by atoms with Gasteiger partial charge in [0.15, 0.2) is 0 Å². The first-order valence-electron chi connectivity index (χ1n) is 4.93. The second-order valence-corrected chi connectivity index (χ2v) is 4.73. The van der Waals surface area contributed by atoms with Crippen LogP contribution in [0.1, 0.15) is 17.9 Å². The van der Waals surface area contributed by atoms with E-state index in [4.69, 9.17) is 0 Å². The Bertz CT molecular complexity index is 337. The van der Waals surface area contributed by atoms with Gasteiger partial charge in [-0.25, -0.2) is 8.78 Å². The first kappa shape index (κ1) is 11.0. The second-order valence-electron chi connectivity index (χ2n) is 3.82. The van der Waals surface area contributed by atoms with E-state index < -0.39 is 11.8 Å². The lowest BCUT2D eigenvalue weighted by Crippen LogP contribution is -2.42. The van der Waals surface area contributed by atoms with Crippen molar-refractivity contribution in [1.82, 2.24) is 5.32 Å². The van der Waals surface area contributed by atoms with Crippen LogP contribution in [0.4, 0.5) is 8.78 Å². The molecular formula is C11H12BrF2N. The molecule has 1 aliphatic heterocycles. The number of piperidine rings is 1. The van der Waals surface area contributed by atoms with E-state index in [1.54, 1.807) is 24.3 Å². The summed E-state index contributed by atoms with van der Waals surface area (Å²) >= 11 is 3.29. The van der Waals surface area contributed by atoms with Crippen LogP contribution in [0.15, 0.2) is 28.7 Å². The molecule has 0 aromatic heterocycles. The Labute approximate surface area is 96.0 Å². The lowest BCUT2D eigenvalue weighted by Gasteiger charge is -2.32. The number of nitrogens with one attached hydrogen (secondary N) is 1. The molecule has 1 saturated heterocycles. The van der Waals surface area contributed by atoms with Crippen LogP contribution in [0.2, 0.25) is 0 Å². The molecule has 0 saturated carbocycles. The molecule has 2 rings (SSSR count). The molecule has 1 atom stereocenters. The van der Waals surface area contributed by atoms with Gasteiger partial charge in [-0.1, -0.05) is 28.1 Å². The third kappa shape index (κ3) is 2.37. The van der Waals surface area contributed by atoms with Gasteiger partial charge in [0.2, 0.25) is 0 Å². The largest absolute Gasteiger partial charge is 0.316 e. The zero-order valence-corrected chi connectivity index (χ0v) is 9.73. The smallest absolute Gasteiger partial charge is 0.257 e. The minimum Gasteiger partial charge on any atom is -0.316 e. The minimum absolute atomic E-state index is 0.0757. The quantitative estimate of drug-likeness (QED) is 0.830. The predicted molar refractivity (Wildman–Crippen MR) is 59.3 cm³/mol. The summed E-state index contributed by atoms with van der Waals surface area (Å²) in [4.78, 5) is 0. The number of benzene rings is 1. The maximum atomic E-state index is 13.6. The van der Waals surface area contributed by atoms with Gasteiger partial charge in [-0.2, -0.15) is 0 Å². The molecule has 0 aliphatic carbocycles. The van der Waals surface area contributed by atoms with E-state index in [0.717, 1.165) is 4.47 Å². The summed E-state index contributed by atoms with van der Waals surface area (Å²) in [6, 6.07) is 7.13. The van der Waals surface area contributed by atoms with Crippen LogP contribution >= 0.6 is 15.9 Å². The Morgan fingerprint density at radius 1 is 1.27 bits per heavy atom. The fraction of sp³-hybridized carbons (Fsp3) is 0.455. The second kappa shape index (κ2) is 4.18. The van der Waals surface area contributed by atoms with Crippen LogP contribution in [0.25, 0.3) is 0 Å². The summed E-state index contributed by atoms with van der Waals surface area (Å²) < 4.78 is 28.1. The molecule has 0 radical (unpaired) electrons. The zero-order valence-electron chi connectivity index (χ0n) is 8.14. The molecule has 0 bridgehead atoms. The van der Waals surface area contributed by atoms with E-state index >= 15 is 0 Å². The Morgan fingerprint density at radius 2 is 1.93 bits per heavy atom. The molecule has 0 amide bonds. The molecule has 1 nitrogen and oxygen atoms in total. The standard InChI is InChI=1S/C11H12BrF2N/c12-9-3-1-8(2-4-9)10-7-15-6-5-11(10,13)14/h1-4,10,15H,5-7H2. The van der Waals surface area contributed by atoms with Gasteiger partial charge in [0.25, 0.3) is 5.92 Å². The average molecular weight is 276 g/mol. The van der Waals surface area contributed by atoms with Crippen LogP contribution < -0.4 is 5.32 Å². The maximum absolute atomic E-state index is 13.6. The van der Waals surface area contributed by atoms with Crippen molar-refractivity contribution in [2.75, 3.05) is 13.1 Å². The molecule has 15 heavy (non-hydrogen) atoms. The van der Waals surface area contributed by atoms with Crippen molar-refractivity contribution < 1.29 is 8.78 Å². The third-order valence-corrected chi connectivity index (χ3v) is 3.29. The maximum Gasteiger partial charge on any atom is 0.257 e. The highest BCUT2D eigenvalue weighted by Crippen LogP contribution is 2.37. The predicted octanol–water partition coefficient (Wildman–Crippen LogP) is 3.16. The van der Waals surface area contributed by atoms with Crippen LogP contribution in [0, 0.1) is 0 Å². The van der Waals surface area contributed by atoms with Crippen molar-refractivity contribution in [3.05, 3.63) is 34.3 Å². The molecular weight excluding hydrogens is 264 g/mol. The molecule has 0 spiro atoms. The molecule has 1 heterocycles. The molecule has 1 fully saturated rings. The molecule has 82 valence electrons. The Kier molecular flexibility index (Phi) is 3.07. The number of hydrogen-bond donors (Lipinski definition) is 1. The van der Waals surface area contributed by atoms with E-state index in [0.29, 0.717) is 18.7 Å². The third-order valence-electron chi connectivity index (χ3n) is 2.77. The lowest BCUT2D eigenvalue weighted by atomic mass is 9.88. The van der Waals surface area contributed by atoms with Crippen LogP contribution in [0.5, 0.6) is 0 Å². The molecule has 1 N–H and O–H groups in total. The van der Waals surface area contributed by atoms with E-state index in [1.807, 2.05) is 0 Å². The summed E-state index contributed by atoms with van der Waals surface area (Å²) in [6.45, 7) is 0.759. The Balaban J connectivity index is 2.25. The minimum atomic E-state index is -2.58. The molecule has 1 aliphatic rings. The van der Waals surface area contributed by atoms with Gasteiger partial charge < -0.3 is 5.32 Å². The fourth-order valence-electron chi connectivity index (χ4n) is 1.88. The highest BCUT2D eigenvalue weighted by Gasteiger charge is 2.42. The molecule has 1 unspecified atom stereocenters. The van der Waals surface area contributed by atoms with Crippen LogP contribution in [-0.2, 0) is 0 Å². The number of alkyl halides is 2. The number of rotatable bonds is 1. The van der Waals surface area contributed by atoms with Gasteiger partial charge in [0.05, 0.1) is 5.92 Å². The lowest BCUT2D eigenvalue weighted by molar-refractivity contribution is -0.0479. The first-order valence-corrected chi connectivity index (χ1v) is 5.73. The van der Waals surface area contributed by atoms with Crippen LogP contribution in [-0.4, -0.2) is 19.0 Å². The molecule has 1 aromatic carbocycles. The van der Waals surface area contributed by atoms with E-state index in [-0.39, 0.29) is 6.42 Å². The van der Waals surface area contributed by atoms with Crippen molar-refractivity contribution in [3.8, 4) is 0 Å². The van der Waals surface area contributed by atoms with Crippen LogP contribution in [0.3, 0.4) is 0 Å². The number of hydrogen-bond acceptors (Lipinski definition) is 1. The summed E-state index contributed by atoms with van der Waals surface area (Å²) in [5.41, 5.74) is 0.704. The topological polar surface area (TPSA) is 12.0 Å². The van der Waals surface area contributed by atoms with Crippen molar-refractivity contribution in [2.45, 2.75) is 18.3 Å². The van der Waals surface area contributed by atoms with E-state index in [9.17, 15) is 8.78 Å². The van der Waals surface area contributed by atoms with Gasteiger partial charge in [-0.3, -0.25) is 0 Å². The fourth-order valence-corrected chi connectivity index (χ4v) is 2.15. The van der Waals surface area contributed by atoms with Gasteiger partial charge in [-0.05, 0) is 17.7 Å². The monoisotopic (exact) mass is 275 g/mol. The summed E-state index contributed by atoms with van der Waals surface area (Å²) in [7, 11) is 0. The highest BCUT2D eigenvalue weighted by atomic mass is 79.9. The summed E-state index contributed by atoms with van der Waals surface area (Å²) in [6.07, 6.45) is -0.0757. The molecule has 1 aromatic rings. The zero-order chi connectivity index (χ0) is 10.9. The van der Waals surface area contributed by atoms with Gasteiger partial charge in [0.1, 0.15) is 0 Å². The van der Waals surface area contributed by atoms with E-state index in [2.05, 4.69) is 21.2 Å². The van der Waals surface area contributed by atoms with E-state index in [1.165, 1.54) is 0 Å². The van der Waals surface area contributed by atoms with Gasteiger partial charge in [0, 0.05) is 24.0 Å². The van der Waals surface area contributed by atoms with Gasteiger partial charge >= 0.3 is 0 Å². The summed E-state index contributed by atoms with van der Waals surface area (Å²) in [5, 5.41) is 3.01. The SMILES string of the molecule is FC1(F)CCNCC1c1ccc(Br)cc1. The summed E-state index contributed by atoms with van der Waals surface area (Å²) in [5.74, 6) is -3.28. The molecule has 4 heteroatoms. The van der Waals surface area contributed by atoms with Crippen molar-refractivity contribution >= 4 is 15.9 Å². The van der Waals surface area contributed by atoms with Gasteiger partial charge in [-0.15, -0.1) is 0 Å². The Morgan fingerprint density at radius 3 is 2.53 bits per heavy atom. The first-order chi connectivity index (χ1) is 7.09.